The standard InChI is InChI=1S/C9H16ClNO2/c10-6-9(12)13-5-3-8-2-1-4-11-7-8/h8,11H,1-7H2/t8-/m1/s1. The van der Waals surface area contributed by atoms with Crippen LogP contribution in [0.4, 0.5) is 0 Å². The second-order valence-corrected chi connectivity index (χ2v) is 3.62. The molecule has 4 heteroatoms. The number of halogens is 1. The molecule has 1 heterocycles. The maximum absolute atomic E-state index is 10.7. The van der Waals surface area contributed by atoms with Crippen LogP contribution in [0.15, 0.2) is 0 Å². The third-order valence-corrected chi connectivity index (χ3v) is 2.52. The first-order chi connectivity index (χ1) is 6.33. The molecule has 1 N–H and O–H groups in total. The number of alkyl halides is 1. The molecule has 0 amide bonds. The minimum absolute atomic E-state index is 0.0388. The summed E-state index contributed by atoms with van der Waals surface area (Å²) < 4.78 is 4.90. The van der Waals surface area contributed by atoms with Gasteiger partial charge in [0, 0.05) is 0 Å². The van der Waals surface area contributed by atoms with Gasteiger partial charge in [0.2, 0.25) is 0 Å². The molecule has 1 atom stereocenters. The van der Waals surface area contributed by atoms with Crippen LogP contribution in [0.25, 0.3) is 0 Å². The van der Waals surface area contributed by atoms with E-state index in [0.717, 1.165) is 19.5 Å². The van der Waals surface area contributed by atoms with Gasteiger partial charge in [0.25, 0.3) is 0 Å². The molecule has 1 rings (SSSR count). The van der Waals surface area contributed by atoms with Crippen LogP contribution in [0.2, 0.25) is 0 Å². The molecule has 0 bridgehead atoms. The molecule has 13 heavy (non-hydrogen) atoms. The Kier molecular flexibility index (Phi) is 5.16. The number of carbonyl (C=O) groups is 1. The molecule has 0 spiro atoms. The van der Waals surface area contributed by atoms with E-state index < -0.39 is 0 Å². The van der Waals surface area contributed by atoms with Crippen LogP contribution >= 0.6 is 11.6 Å². The zero-order chi connectivity index (χ0) is 9.52. The molecular formula is C9H16ClNO2. The number of rotatable bonds is 4. The Labute approximate surface area is 83.8 Å². The van der Waals surface area contributed by atoms with Gasteiger partial charge in [-0.1, -0.05) is 0 Å². The average Bonchev–Trinajstić information content (AvgIpc) is 2.19. The molecule has 0 unspecified atom stereocenters. The normalized spacial score (nSPS) is 22.7. The number of hydrogen-bond acceptors (Lipinski definition) is 3. The van der Waals surface area contributed by atoms with Crippen LogP contribution in [-0.2, 0) is 9.53 Å². The third kappa shape index (κ3) is 4.48. The van der Waals surface area contributed by atoms with Crippen molar-refractivity contribution in [2.24, 2.45) is 5.92 Å². The van der Waals surface area contributed by atoms with Gasteiger partial charge < -0.3 is 10.1 Å². The molecular weight excluding hydrogens is 190 g/mol. The molecule has 1 fully saturated rings. The highest BCUT2D eigenvalue weighted by molar-refractivity contribution is 6.26. The van der Waals surface area contributed by atoms with Crippen LogP contribution in [0.1, 0.15) is 19.3 Å². The van der Waals surface area contributed by atoms with Gasteiger partial charge in [-0.2, -0.15) is 0 Å². The quantitative estimate of drug-likeness (QED) is 0.553. The summed E-state index contributed by atoms with van der Waals surface area (Å²) >= 11 is 5.29. The molecule has 0 saturated carbocycles. The van der Waals surface area contributed by atoms with Gasteiger partial charge in [-0.25, -0.2) is 0 Å². The lowest BCUT2D eigenvalue weighted by molar-refractivity contribution is -0.140. The first kappa shape index (κ1) is 10.8. The van der Waals surface area contributed by atoms with Crippen molar-refractivity contribution in [2.45, 2.75) is 19.3 Å². The average molecular weight is 206 g/mol. The van der Waals surface area contributed by atoms with Crippen LogP contribution in [0.5, 0.6) is 0 Å². The molecule has 0 aromatic rings. The highest BCUT2D eigenvalue weighted by Gasteiger charge is 2.12. The number of ether oxygens (including phenoxy) is 1. The number of hydrogen-bond donors (Lipinski definition) is 1. The molecule has 0 aliphatic carbocycles. The first-order valence-corrected chi connectivity index (χ1v) is 5.28. The van der Waals surface area contributed by atoms with E-state index in [9.17, 15) is 4.79 Å². The summed E-state index contributed by atoms with van der Waals surface area (Å²) in [4.78, 5) is 10.7. The summed E-state index contributed by atoms with van der Waals surface area (Å²) in [5, 5.41) is 3.32. The van der Waals surface area contributed by atoms with Gasteiger partial charge in [0.1, 0.15) is 5.88 Å². The number of esters is 1. The van der Waals surface area contributed by atoms with E-state index in [1.807, 2.05) is 0 Å². The Morgan fingerprint density at radius 2 is 2.46 bits per heavy atom. The fourth-order valence-electron chi connectivity index (χ4n) is 1.55. The summed E-state index contributed by atoms with van der Waals surface area (Å²) in [6.07, 6.45) is 3.43. The molecule has 0 aromatic heterocycles. The van der Waals surface area contributed by atoms with Gasteiger partial charge in [0.05, 0.1) is 6.61 Å². The van der Waals surface area contributed by atoms with Crippen LogP contribution in [0, 0.1) is 5.92 Å². The second-order valence-electron chi connectivity index (χ2n) is 3.36. The summed E-state index contributed by atoms with van der Waals surface area (Å²) in [6, 6.07) is 0. The Morgan fingerprint density at radius 3 is 3.08 bits per heavy atom. The second kappa shape index (κ2) is 6.22. The van der Waals surface area contributed by atoms with Crippen molar-refractivity contribution in [1.29, 1.82) is 0 Å². The summed E-state index contributed by atoms with van der Waals surface area (Å²) in [5.41, 5.74) is 0. The maximum Gasteiger partial charge on any atom is 0.320 e. The fraction of sp³-hybridized carbons (Fsp3) is 0.889. The van der Waals surface area contributed by atoms with Crippen molar-refractivity contribution in [3.63, 3.8) is 0 Å². The summed E-state index contributed by atoms with van der Waals surface area (Å²) in [6.45, 7) is 2.69. The van der Waals surface area contributed by atoms with Crippen molar-refractivity contribution in [1.82, 2.24) is 5.32 Å². The Bertz CT molecular complexity index is 158. The van der Waals surface area contributed by atoms with E-state index in [4.69, 9.17) is 16.3 Å². The van der Waals surface area contributed by atoms with Gasteiger partial charge in [-0.3, -0.25) is 4.79 Å². The van der Waals surface area contributed by atoms with Crippen LogP contribution < -0.4 is 5.32 Å². The Morgan fingerprint density at radius 1 is 1.62 bits per heavy atom. The minimum Gasteiger partial charge on any atom is -0.465 e. The molecule has 0 aromatic carbocycles. The van der Waals surface area contributed by atoms with E-state index in [-0.39, 0.29) is 11.8 Å². The monoisotopic (exact) mass is 205 g/mol. The third-order valence-electron chi connectivity index (χ3n) is 2.30. The lowest BCUT2D eigenvalue weighted by Crippen LogP contribution is -2.30. The lowest BCUT2D eigenvalue weighted by Gasteiger charge is -2.22. The Hall–Kier alpha value is -0.280. The lowest BCUT2D eigenvalue weighted by atomic mass is 9.97. The van der Waals surface area contributed by atoms with E-state index in [0.29, 0.717) is 12.5 Å². The van der Waals surface area contributed by atoms with Crippen molar-refractivity contribution in [3.05, 3.63) is 0 Å². The zero-order valence-electron chi connectivity index (χ0n) is 7.72. The topological polar surface area (TPSA) is 38.3 Å². The van der Waals surface area contributed by atoms with Crippen LogP contribution in [-0.4, -0.2) is 31.5 Å². The number of nitrogens with one attached hydrogen (secondary N) is 1. The summed E-state index contributed by atoms with van der Waals surface area (Å²) in [5.74, 6) is 0.311. The van der Waals surface area contributed by atoms with Gasteiger partial charge >= 0.3 is 5.97 Å². The van der Waals surface area contributed by atoms with Gasteiger partial charge in [-0.15, -0.1) is 11.6 Å². The zero-order valence-corrected chi connectivity index (χ0v) is 8.48. The predicted molar refractivity (Wildman–Crippen MR) is 51.9 cm³/mol. The van der Waals surface area contributed by atoms with Crippen LogP contribution in [0.3, 0.4) is 0 Å². The van der Waals surface area contributed by atoms with Crippen molar-refractivity contribution < 1.29 is 9.53 Å². The highest BCUT2D eigenvalue weighted by Crippen LogP contribution is 2.13. The molecule has 1 aliphatic rings. The van der Waals surface area contributed by atoms with Crippen molar-refractivity contribution in [3.8, 4) is 0 Å². The Balaban J connectivity index is 2.01. The minimum atomic E-state index is -0.314. The largest absolute Gasteiger partial charge is 0.465 e. The van der Waals surface area contributed by atoms with E-state index >= 15 is 0 Å². The van der Waals surface area contributed by atoms with Crippen molar-refractivity contribution >= 4 is 17.6 Å². The fourth-order valence-corrected chi connectivity index (χ4v) is 1.63. The van der Waals surface area contributed by atoms with Gasteiger partial charge in [-0.05, 0) is 38.3 Å². The van der Waals surface area contributed by atoms with Gasteiger partial charge in [0.15, 0.2) is 0 Å². The van der Waals surface area contributed by atoms with E-state index in [1.165, 1.54) is 12.8 Å². The SMILES string of the molecule is O=C(CCl)OCC[C@H]1CCCNC1. The maximum atomic E-state index is 10.7. The number of piperidine rings is 1. The molecule has 3 nitrogen and oxygen atoms in total. The van der Waals surface area contributed by atoms with E-state index in [2.05, 4.69) is 5.32 Å². The first-order valence-electron chi connectivity index (χ1n) is 4.75. The predicted octanol–water partition coefficient (Wildman–Crippen LogP) is 1.16. The highest BCUT2D eigenvalue weighted by atomic mass is 35.5. The number of carbonyl (C=O) groups excluding carboxylic acids is 1. The van der Waals surface area contributed by atoms with Crippen molar-refractivity contribution in [2.75, 3.05) is 25.6 Å². The molecule has 0 radical (unpaired) electrons. The molecule has 76 valence electrons. The molecule has 1 saturated heterocycles. The molecule has 1 aliphatic heterocycles. The van der Waals surface area contributed by atoms with E-state index in [1.54, 1.807) is 0 Å². The smallest absolute Gasteiger partial charge is 0.320 e. The summed E-state index contributed by atoms with van der Waals surface area (Å²) in [7, 11) is 0.